The summed E-state index contributed by atoms with van der Waals surface area (Å²) in [6, 6.07) is 16.2. The first kappa shape index (κ1) is 27.6. The molecule has 1 saturated heterocycles. The number of halogens is 1. The minimum atomic E-state index is 0.0406. The lowest BCUT2D eigenvalue weighted by atomic mass is 9.96. The van der Waals surface area contributed by atoms with Gasteiger partial charge < -0.3 is 24.1 Å². The summed E-state index contributed by atoms with van der Waals surface area (Å²) in [4.78, 5) is 2.45. The third-order valence-electron chi connectivity index (χ3n) is 7.48. The van der Waals surface area contributed by atoms with Crippen molar-refractivity contribution in [2.45, 2.75) is 46.3 Å². The second-order valence-corrected chi connectivity index (χ2v) is 11.0. The van der Waals surface area contributed by atoms with Gasteiger partial charge in [-0.1, -0.05) is 49.2 Å². The summed E-state index contributed by atoms with van der Waals surface area (Å²) < 4.78 is 23.9. The van der Waals surface area contributed by atoms with Gasteiger partial charge in [-0.05, 0) is 73.3 Å². The Morgan fingerprint density at radius 1 is 0.923 bits per heavy atom. The van der Waals surface area contributed by atoms with Gasteiger partial charge in [0, 0.05) is 30.7 Å². The summed E-state index contributed by atoms with van der Waals surface area (Å²) in [7, 11) is 0. The van der Waals surface area contributed by atoms with Crippen LogP contribution in [0.1, 0.15) is 42.9 Å². The zero-order valence-electron chi connectivity index (χ0n) is 22.9. The Morgan fingerprint density at radius 3 is 2.51 bits per heavy atom. The molecule has 1 N–H and O–H groups in total. The van der Waals surface area contributed by atoms with E-state index in [1.807, 2.05) is 37.3 Å². The monoisotopic (exact) mass is 551 g/mol. The van der Waals surface area contributed by atoms with Crippen molar-refractivity contribution in [3.8, 4) is 34.1 Å². The van der Waals surface area contributed by atoms with Gasteiger partial charge >= 0.3 is 0 Å². The largest absolute Gasteiger partial charge is 0.493 e. The molecule has 0 amide bonds. The molecule has 39 heavy (non-hydrogen) atoms. The maximum atomic E-state index is 9.49. The predicted octanol–water partition coefficient (Wildman–Crippen LogP) is 6.66. The molecule has 0 aromatic heterocycles. The molecule has 0 spiro atoms. The van der Waals surface area contributed by atoms with Crippen LogP contribution in [0.2, 0.25) is 5.02 Å². The van der Waals surface area contributed by atoms with E-state index < -0.39 is 0 Å². The number of hydrogen-bond acceptors (Lipinski definition) is 6. The minimum absolute atomic E-state index is 0.0406. The van der Waals surface area contributed by atoms with Crippen molar-refractivity contribution in [1.29, 1.82) is 0 Å². The van der Waals surface area contributed by atoms with Crippen LogP contribution in [0.15, 0.2) is 48.5 Å². The van der Waals surface area contributed by atoms with E-state index in [2.05, 4.69) is 30.0 Å². The minimum Gasteiger partial charge on any atom is -0.493 e. The molecule has 208 valence electrons. The zero-order chi connectivity index (χ0) is 27.2. The average Bonchev–Trinajstić information content (AvgIpc) is 2.97. The number of fused-ring (bicyclic) bond motifs is 1. The van der Waals surface area contributed by atoms with Gasteiger partial charge in [0.15, 0.2) is 11.5 Å². The molecule has 0 bridgehead atoms. The molecule has 0 saturated carbocycles. The lowest BCUT2D eigenvalue weighted by Gasteiger charge is -2.27. The summed E-state index contributed by atoms with van der Waals surface area (Å²) >= 11 is 6.74. The van der Waals surface area contributed by atoms with Crippen molar-refractivity contribution in [2.75, 3.05) is 39.5 Å². The Balaban J connectivity index is 1.35. The summed E-state index contributed by atoms with van der Waals surface area (Å²) in [5.41, 5.74) is 5.47. The molecule has 0 aliphatic carbocycles. The highest BCUT2D eigenvalue weighted by Gasteiger charge is 2.18. The van der Waals surface area contributed by atoms with E-state index >= 15 is 0 Å². The zero-order valence-corrected chi connectivity index (χ0v) is 23.6. The first-order valence-corrected chi connectivity index (χ1v) is 14.3. The van der Waals surface area contributed by atoms with Crippen LogP contribution in [-0.4, -0.2) is 49.5 Å². The second-order valence-electron chi connectivity index (χ2n) is 10.6. The smallest absolute Gasteiger partial charge is 0.161 e. The summed E-state index contributed by atoms with van der Waals surface area (Å²) in [5, 5.41) is 10.1. The van der Waals surface area contributed by atoms with Gasteiger partial charge in [-0.15, -0.1) is 0 Å². The highest BCUT2D eigenvalue weighted by Crippen LogP contribution is 2.38. The Morgan fingerprint density at radius 2 is 1.72 bits per heavy atom. The first-order chi connectivity index (χ1) is 19.0. The topological polar surface area (TPSA) is 60.4 Å². The van der Waals surface area contributed by atoms with Crippen molar-refractivity contribution in [3.05, 3.63) is 70.2 Å². The third kappa shape index (κ3) is 6.81. The fourth-order valence-corrected chi connectivity index (χ4v) is 5.35. The molecule has 0 radical (unpaired) electrons. The number of hydrogen-bond donors (Lipinski definition) is 1. The van der Waals surface area contributed by atoms with E-state index in [0.717, 1.165) is 64.7 Å². The first-order valence-electron chi connectivity index (χ1n) is 13.9. The molecule has 2 aliphatic rings. The molecule has 6 nitrogen and oxygen atoms in total. The maximum absolute atomic E-state index is 9.49. The lowest BCUT2D eigenvalue weighted by Crippen LogP contribution is -2.29. The average molecular weight is 552 g/mol. The van der Waals surface area contributed by atoms with Gasteiger partial charge in [0.25, 0.3) is 0 Å². The Kier molecular flexibility index (Phi) is 9.17. The van der Waals surface area contributed by atoms with Crippen molar-refractivity contribution in [1.82, 2.24) is 4.90 Å². The van der Waals surface area contributed by atoms with E-state index in [4.69, 9.17) is 30.5 Å². The quantitative estimate of drug-likeness (QED) is 0.304. The van der Waals surface area contributed by atoms with Gasteiger partial charge in [-0.2, -0.15) is 0 Å². The molecule has 1 fully saturated rings. The van der Waals surface area contributed by atoms with Crippen LogP contribution >= 0.6 is 11.6 Å². The standard InChI is InChI=1S/C32H38ClNO5/c1-22(19-35)20-38-30-17-31(28(33)15-26(30)18-34-11-4-3-5-12-34)39-21-25-7-6-8-27(23(25)2)24-9-10-29-32(16-24)37-14-13-36-29/h6-10,15-17,22,35H,3-5,11-14,18-21H2,1-2H3. The van der Waals surface area contributed by atoms with Crippen molar-refractivity contribution >= 4 is 11.6 Å². The molecule has 5 rings (SSSR count). The van der Waals surface area contributed by atoms with E-state index in [1.54, 1.807) is 0 Å². The van der Waals surface area contributed by atoms with Crippen molar-refractivity contribution < 1.29 is 24.1 Å². The van der Waals surface area contributed by atoms with Gasteiger partial charge in [0.05, 0.1) is 11.6 Å². The maximum Gasteiger partial charge on any atom is 0.161 e. The highest BCUT2D eigenvalue weighted by atomic mass is 35.5. The number of benzene rings is 3. The van der Waals surface area contributed by atoms with E-state index in [9.17, 15) is 5.11 Å². The molecule has 3 aromatic rings. The van der Waals surface area contributed by atoms with Crippen LogP contribution in [-0.2, 0) is 13.2 Å². The SMILES string of the molecule is Cc1c(COc2cc(OCC(C)CO)c(CN3CCCCC3)cc2Cl)cccc1-c1ccc2c(c1)OCCO2. The van der Waals surface area contributed by atoms with Gasteiger partial charge in [0.1, 0.15) is 31.3 Å². The number of aliphatic hydroxyl groups excluding tert-OH is 1. The normalized spacial score (nSPS) is 16.1. The van der Waals surface area contributed by atoms with E-state index in [0.29, 0.717) is 37.2 Å². The number of piperidine rings is 1. The van der Waals surface area contributed by atoms with Crippen LogP contribution in [0.25, 0.3) is 11.1 Å². The predicted molar refractivity (Wildman–Crippen MR) is 154 cm³/mol. The number of likely N-dealkylation sites (tertiary alicyclic amines) is 1. The van der Waals surface area contributed by atoms with Gasteiger partial charge in [-0.25, -0.2) is 0 Å². The fourth-order valence-electron chi connectivity index (χ4n) is 5.11. The fraction of sp³-hybridized carbons (Fsp3) is 0.438. The Hall–Kier alpha value is -2.93. The summed E-state index contributed by atoms with van der Waals surface area (Å²) in [5.74, 6) is 2.96. The molecule has 1 atom stereocenters. The van der Waals surface area contributed by atoms with Crippen LogP contribution in [0.5, 0.6) is 23.0 Å². The molecule has 7 heteroatoms. The molecule has 3 aromatic carbocycles. The molecule has 2 heterocycles. The van der Waals surface area contributed by atoms with Crippen LogP contribution in [0, 0.1) is 12.8 Å². The third-order valence-corrected chi connectivity index (χ3v) is 7.77. The highest BCUT2D eigenvalue weighted by molar-refractivity contribution is 6.32. The lowest BCUT2D eigenvalue weighted by molar-refractivity contribution is 0.170. The van der Waals surface area contributed by atoms with Crippen LogP contribution in [0.3, 0.4) is 0 Å². The second kappa shape index (κ2) is 12.9. The molecular formula is C32H38ClNO5. The number of rotatable bonds is 10. The summed E-state index contributed by atoms with van der Waals surface area (Å²) in [6.45, 7) is 9.07. The van der Waals surface area contributed by atoms with Crippen LogP contribution < -0.4 is 18.9 Å². The van der Waals surface area contributed by atoms with Crippen molar-refractivity contribution in [2.24, 2.45) is 5.92 Å². The van der Waals surface area contributed by atoms with Gasteiger partial charge in [0.2, 0.25) is 0 Å². The summed E-state index contributed by atoms with van der Waals surface area (Å²) in [6.07, 6.45) is 3.73. The molecular weight excluding hydrogens is 514 g/mol. The number of aliphatic hydroxyl groups is 1. The Bertz CT molecular complexity index is 1270. The van der Waals surface area contributed by atoms with Crippen molar-refractivity contribution in [3.63, 3.8) is 0 Å². The van der Waals surface area contributed by atoms with E-state index in [1.165, 1.54) is 19.3 Å². The number of ether oxygens (including phenoxy) is 4. The molecule has 2 aliphatic heterocycles. The van der Waals surface area contributed by atoms with Crippen LogP contribution in [0.4, 0.5) is 0 Å². The van der Waals surface area contributed by atoms with E-state index in [-0.39, 0.29) is 12.5 Å². The number of nitrogens with zero attached hydrogens (tertiary/aromatic N) is 1. The Labute approximate surface area is 236 Å². The van der Waals surface area contributed by atoms with Gasteiger partial charge in [-0.3, -0.25) is 4.90 Å². The molecule has 1 unspecified atom stereocenters.